The lowest BCUT2D eigenvalue weighted by atomic mass is 10.1. The van der Waals surface area contributed by atoms with Gasteiger partial charge in [0.05, 0.1) is 12.8 Å². The monoisotopic (exact) mass is 256 g/mol. The summed E-state index contributed by atoms with van der Waals surface area (Å²) in [4.78, 5) is 0. The lowest BCUT2D eigenvalue weighted by Gasteiger charge is -2.16. The van der Waals surface area contributed by atoms with Crippen LogP contribution in [0.5, 0.6) is 5.75 Å². The summed E-state index contributed by atoms with van der Waals surface area (Å²) < 4.78 is 5.33. The molecule has 0 aliphatic heterocycles. The van der Waals surface area contributed by atoms with Gasteiger partial charge in [-0.05, 0) is 43.5 Å². The summed E-state index contributed by atoms with van der Waals surface area (Å²) >= 11 is 6.10. The van der Waals surface area contributed by atoms with Gasteiger partial charge in [-0.3, -0.25) is 0 Å². The van der Waals surface area contributed by atoms with Gasteiger partial charge in [-0.1, -0.05) is 18.5 Å². The Morgan fingerprint density at radius 3 is 2.76 bits per heavy atom. The molecule has 0 aromatic heterocycles. The quantitative estimate of drug-likeness (QED) is 0.822. The molecule has 0 spiro atoms. The Kier molecular flexibility index (Phi) is 5.59. The first kappa shape index (κ1) is 14.1. The number of aryl methyl sites for hydroxylation is 1. The van der Waals surface area contributed by atoms with Crippen LogP contribution < -0.4 is 15.8 Å². The molecule has 1 aromatic rings. The van der Waals surface area contributed by atoms with Crippen LogP contribution in [0.3, 0.4) is 0 Å². The molecule has 0 fully saturated rings. The highest BCUT2D eigenvalue weighted by Crippen LogP contribution is 2.30. The third-order valence-corrected chi connectivity index (χ3v) is 3.19. The summed E-state index contributed by atoms with van der Waals surface area (Å²) in [6, 6.07) is 3.85. The zero-order valence-electron chi connectivity index (χ0n) is 10.7. The number of hydrogen-bond acceptors (Lipinski definition) is 3. The lowest BCUT2D eigenvalue weighted by Crippen LogP contribution is -2.15. The van der Waals surface area contributed by atoms with Crippen molar-refractivity contribution in [3.05, 3.63) is 22.7 Å². The molecular weight excluding hydrogens is 236 g/mol. The maximum Gasteiger partial charge on any atom is 0.142 e. The predicted molar refractivity (Wildman–Crippen MR) is 74.1 cm³/mol. The van der Waals surface area contributed by atoms with Gasteiger partial charge in [0, 0.05) is 11.6 Å². The number of ether oxygens (including phenoxy) is 1. The first-order chi connectivity index (χ1) is 8.08. The highest BCUT2D eigenvalue weighted by Gasteiger charge is 2.08. The van der Waals surface area contributed by atoms with E-state index in [-0.39, 0.29) is 0 Å². The Morgan fingerprint density at radius 2 is 2.18 bits per heavy atom. The van der Waals surface area contributed by atoms with Crippen molar-refractivity contribution in [2.24, 2.45) is 11.7 Å². The SMILES string of the molecule is COc1cc(C)c(Cl)cc1NCC(C)CCN. The van der Waals surface area contributed by atoms with Gasteiger partial charge >= 0.3 is 0 Å². The van der Waals surface area contributed by atoms with E-state index in [1.165, 1.54) is 0 Å². The molecule has 0 heterocycles. The maximum atomic E-state index is 6.10. The van der Waals surface area contributed by atoms with E-state index < -0.39 is 0 Å². The van der Waals surface area contributed by atoms with Crippen LogP contribution in [-0.2, 0) is 0 Å². The smallest absolute Gasteiger partial charge is 0.142 e. The molecular formula is C13H21ClN2O. The fraction of sp³-hybridized carbons (Fsp3) is 0.538. The summed E-state index contributed by atoms with van der Waals surface area (Å²) in [6.07, 6.45) is 1.01. The molecule has 0 saturated heterocycles. The van der Waals surface area contributed by atoms with Crippen LogP contribution in [0.15, 0.2) is 12.1 Å². The Hall–Kier alpha value is -0.930. The summed E-state index contributed by atoms with van der Waals surface area (Å²) in [6.45, 7) is 5.72. The van der Waals surface area contributed by atoms with Crippen LogP contribution in [0, 0.1) is 12.8 Å². The van der Waals surface area contributed by atoms with E-state index in [4.69, 9.17) is 22.1 Å². The van der Waals surface area contributed by atoms with Gasteiger partial charge in [0.25, 0.3) is 0 Å². The Balaban J connectivity index is 2.72. The zero-order valence-corrected chi connectivity index (χ0v) is 11.5. The van der Waals surface area contributed by atoms with Crippen LogP contribution in [0.4, 0.5) is 5.69 Å². The number of methoxy groups -OCH3 is 1. The molecule has 3 N–H and O–H groups in total. The van der Waals surface area contributed by atoms with Gasteiger partial charge in [0.2, 0.25) is 0 Å². The third kappa shape index (κ3) is 4.10. The molecule has 0 bridgehead atoms. The molecule has 4 heteroatoms. The van der Waals surface area contributed by atoms with Crippen LogP contribution in [0.1, 0.15) is 18.9 Å². The molecule has 96 valence electrons. The molecule has 0 amide bonds. The van der Waals surface area contributed by atoms with E-state index in [1.54, 1.807) is 7.11 Å². The molecule has 1 rings (SSSR count). The third-order valence-electron chi connectivity index (χ3n) is 2.78. The van der Waals surface area contributed by atoms with Crippen molar-refractivity contribution in [1.29, 1.82) is 0 Å². The minimum absolute atomic E-state index is 0.532. The van der Waals surface area contributed by atoms with Crippen molar-refractivity contribution in [2.75, 3.05) is 25.5 Å². The second-order valence-electron chi connectivity index (χ2n) is 4.37. The van der Waals surface area contributed by atoms with Crippen LogP contribution >= 0.6 is 11.6 Å². The number of halogens is 1. The maximum absolute atomic E-state index is 6.10. The first-order valence-corrected chi connectivity index (χ1v) is 6.24. The number of hydrogen-bond donors (Lipinski definition) is 2. The number of nitrogens with one attached hydrogen (secondary N) is 1. The van der Waals surface area contributed by atoms with E-state index in [0.717, 1.165) is 35.0 Å². The van der Waals surface area contributed by atoms with Crippen LogP contribution in [0.2, 0.25) is 5.02 Å². The zero-order chi connectivity index (χ0) is 12.8. The number of benzene rings is 1. The first-order valence-electron chi connectivity index (χ1n) is 5.86. The summed E-state index contributed by atoms with van der Waals surface area (Å²) in [5.41, 5.74) is 7.48. The highest BCUT2D eigenvalue weighted by atomic mass is 35.5. The average Bonchev–Trinajstić information content (AvgIpc) is 2.30. The van der Waals surface area contributed by atoms with E-state index in [9.17, 15) is 0 Å². The minimum atomic E-state index is 0.532. The molecule has 1 unspecified atom stereocenters. The topological polar surface area (TPSA) is 47.3 Å². The second kappa shape index (κ2) is 6.72. The fourth-order valence-electron chi connectivity index (χ4n) is 1.63. The molecule has 17 heavy (non-hydrogen) atoms. The fourth-order valence-corrected chi connectivity index (χ4v) is 1.80. The van der Waals surface area contributed by atoms with Gasteiger partial charge < -0.3 is 15.8 Å². The Labute approximate surface area is 108 Å². The summed E-state index contributed by atoms with van der Waals surface area (Å²) in [5, 5.41) is 4.10. The molecule has 0 radical (unpaired) electrons. The Bertz CT molecular complexity index is 369. The molecule has 3 nitrogen and oxygen atoms in total. The van der Waals surface area contributed by atoms with Crippen molar-refractivity contribution in [1.82, 2.24) is 0 Å². The largest absolute Gasteiger partial charge is 0.495 e. The van der Waals surface area contributed by atoms with Crippen LogP contribution in [-0.4, -0.2) is 20.2 Å². The molecule has 1 aromatic carbocycles. The van der Waals surface area contributed by atoms with Gasteiger partial charge in [-0.25, -0.2) is 0 Å². The predicted octanol–water partition coefficient (Wildman–Crippen LogP) is 3.05. The molecule has 0 saturated carbocycles. The number of anilines is 1. The summed E-state index contributed by atoms with van der Waals surface area (Å²) in [5.74, 6) is 1.36. The van der Waals surface area contributed by atoms with Crippen molar-refractivity contribution >= 4 is 17.3 Å². The van der Waals surface area contributed by atoms with Gasteiger partial charge in [-0.2, -0.15) is 0 Å². The van der Waals surface area contributed by atoms with E-state index in [1.807, 2.05) is 19.1 Å². The lowest BCUT2D eigenvalue weighted by molar-refractivity contribution is 0.415. The van der Waals surface area contributed by atoms with Gasteiger partial charge in [0.15, 0.2) is 0 Å². The normalized spacial score (nSPS) is 12.3. The van der Waals surface area contributed by atoms with Gasteiger partial charge in [-0.15, -0.1) is 0 Å². The van der Waals surface area contributed by atoms with Crippen molar-refractivity contribution in [3.8, 4) is 5.75 Å². The molecule has 0 aliphatic carbocycles. The Morgan fingerprint density at radius 1 is 1.47 bits per heavy atom. The standard InChI is InChI=1S/C13H21ClN2O/c1-9(4-5-15)8-16-12-7-11(14)10(2)6-13(12)17-3/h6-7,9,16H,4-5,8,15H2,1-3H3. The number of nitrogens with two attached hydrogens (primary N) is 1. The highest BCUT2D eigenvalue weighted by molar-refractivity contribution is 6.31. The molecule has 0 aliphatic rings. The van der Waals surface area contributed by atoms with Crippen LogP contribution in [0.25, 0.3) is 0 Å². The second-order valence-corrected chi connectivity index (χ2v) is 4.77. The van der Waals surface area contributed by atoms with Crippen molar-refractivity contribution < 1.29 is 4.74 Å². The minimum Gasteiger partial charge on any atom is -0.495 e. The number of rotatable bonds is 6. The van der Waals surface area contributed by atoms with E-state index >= 15 is 0 Å². The average molecular weight is 257 g/mol. The van der Waals surface area contributed by atoms with E-state index in [0.29, 0.717) is 12.5 Å². The van der Waals surface area contributed by atoms with E-state index in [2.05, 4.69) is 12.2 Å². The summed E-state index contributed by atoms with van der Waals surface area (Å²) in [7, 11) is 1.66. The van der Waals surface area contributed by atoms with Crippen molar-refractivity contribution in [3.63, 3.8) is 0 Å². The molecule has 1 atom stereocenters. The van der Waals surface area contributed by atoms with Gasteiger partial charge in [0.1, 0.15) is 5.75 Å². The van der Waals surface area contributed by atoms with Crippen molar-refractivity contribution in [2.45, 2.75) is 20.3 Å².